The van der Waals surface area contributed by atoms with Crippen molar-refractivity contribution >= 4 is 17.4 Å². The number of phenols is 1. The summed E-state index contributed by atoms with van der Waals surface area (Å²) in [6, 6.07) is 19.2. The molecule has 5 nitrogen and oxygen atoms in total. The molecule has 0 aliphatic carbocycles. The van der Waals surface area contributed by atoms with Crippen LogP contribution in [0.4, 0.5) is 5.69 Å². The third kappa shape index (κ3) is 3.27. The number of benzene rings is 3. The highest BCUT2D eigenvalue weighted by atomic mass is 16.3. The zero-order chi connectivity index (χ0) is 21.5. The fourth-order valence-corrected chi connectivity index (χ4v) is 4.01. The number of phenolic OH excluding ortho intramolecular Hbond substituents is 1. The molecule has 0 spiro atoms. The molecular formula is C25H23NO4. The van der Waals surface area contributed by atoms with Gasteiger partial charge in [0.05, 0.1) is 24.2 Å². The predicted molar refractivity (Wildman–Crippen MR) is 114 cm³/mol. The van der Waals surface area contributed by atoms with Crippen molar-refractivity contribution in [1.29, 1.82) is 0 Å². The molecule has 1 aliphatic heterocycles. The van der Waals surface area contributed by atoms with Crippen LogP contribution in [0, 0.1) is 13.8 Å². The number of rotatable bonds is 5. The van der Waals surface area contributed by atoms with Crippen molar-refractivity contribution in [1.82, 2.24) is 0 Å². The number of Topliss-reactive ketones (excluding diaryl/α,β-unsaturated/α-hetero) is 1. The number of hydrogen-bond acceptors (Lipinski definition) is 4. The predicted octanol–water partition coefficient (Wildman–Crippen LogP) is 4.02. The van der Waals surface area contributed by atoms with Gasteiger partial charge in [0.15, 0.2) is 11.4 Å². The minimum absolute atomic E-state index is 0.0872. The SMILES string of the molecule is Cc1ccc(C)c(CN2C(=O)[C@@](O)(CC(=O)c3ccccc3O)c3ccccc32)c1. The van der Waals surface area contributed by atoms with E-state index in [4.69, 9.17) is 0 Å². The van der Waals surface area contributed by atoms with Crippen molar-refractivity contribution in [3.63, 3.8) is 0 Å². The summed E-state index contributed by atoms with van der Waals surface area (Å²) in [7, 11) is 0. The van der Waals surface area contributed by atoms with Crippen molar-refractivity contribution in [3.05, 3.63) is 94.5 Å². The van der Waals surface area contributed by atoms with Crippen molar-refractivity contribution in [2.45, 2.75) is 32.4 Å². The average Bonchev–Trinajstić information content (AvgIpc) is 2.93. The highest BCUT2D eigenvalue weighted by molar-refractivity contribution is 6.11. The molecule has 5 heteroatoms. The Hall–Kier alpha value is -3.44. The van der Waals surface area contributed by atoms with E-state index in [-0.39, 0.29) is 11.3 Å². The number of aryl methyl sites for hydroxylation is 2. The molecule has 152 valence electrons. The Balaban J connectivity index is 1.71. The number of anilines is 1. The maximum Gasteiger partial charge on any atom is 0.264 e. The lowest BCUT2D eigenvalue weighted by Gasteiger charge is -2.23. The maximum absolute atomic E-state index is 13.4. The molecule has 0 radical (unpaired) electrons. The molecule has 0 aromatic heterocycles. The van der Waals surface area contributed by atoms with Crippen LogP contribution in [0.5, 0.6) is 5.75 Å². The second-order valence-corrected chi connectivity index (χ2v) is 7.82. The number of carbonyl (C=O) groups is 2. The van der Waals surface area contributed by atoms with Gasteiger partial charge in [0.2, 0.25) is 0 Å². The zero-order valence-corrected chi connectivity index (χ0v) is 16.9. The van der Waals surface area contributed by atoms with Gasteiger partial charge in [0, 0.05) is 5.56 Å². The van der Waals surface area contributed by atoms with Gasteiger partial charge < -0.3 is 15.1 Å². The van der Waals surface area contributed by atoms with E-state index < -0.39 is 23.7 Å². The Morgan fingerprint density at radius 1 is 1.00 bits per heavy atom. The first-order chi connectivity index (χ1) is 14.3. The van der Waals surface area contributed by atoms with E-state index in [2.05, 4.69) is 0 Å². The Kier molecular flexibility index (Phi) is 4.92. The molecule has 0 fully saturated rings. The van der Waals surface area contributed by atoms with E-state index in [0.717, 1.165) is 16.7 Å². The van der Waals surface area contributed by atoms with Gasteiger partial charge in [0.1, 0.15) is 5.75 Å². The van der Waals surface area contributed by atoms with Crippen molar-refractivity contribution in [2.75, 3.05) is 4.90 Å². The molecule has 0 saturated carbocycles. The molecular weight excluding hydrogens is 378 g/mol. The quantitative estimate of drug-likeness (QED) is 0.633. The first-order valence-electron chi connectivity index (χ1n) is 9.82. The van der Waals surface area contributed by atoms with Gasteiger partial charge in [-0.15, -0.1) is 0 Å². The van der Waals surface area contributed by atoms with Crippen LogP contribution >= 0.6 is 0 Å². The number of ketones is 1. The number of amides is 1. The summed E-state index contributed by atoms with van der Waals surface area (Å²) in [5, 5.41) is 21.4. The summed E-state index contributed by atoms with van der Waals surface area (Å²) < 4.78 is 0. The third-order valence-corrected chi connectivity index (χ3v) is 5.69. The molecule has 3 aromatic rings. The van der Waals surface area contributed by atoms with Gasteiger partial charge in [0.25, 0.3) is 5.91 Å². The maximum atomic E-state index is 13.4. The van der Waals surface area contributed by atoms with Crippen LogP contribution in [0.3, 0.4) is 0 Å². The monoisotopic (exact) mass is 401 g/mol. The Labute approximate surface area is 175 Å². The summed E-state index contributed by atoms with van der Waals surface area (Å²) >= 11 is 0. The molecule has 4 rings (SSSR count). The first-order valence-corrected chi connectivity index (χ1v) is 9.82. The molecule has 30 heavy (non-hydrogen) atoms. The number of aliphatic hydroxyl groups is 1. The fraction of sp³-hybridized carbons (Fsp3) is 0.200. The lowest BCUT2D eigenvalue weighted by atomic mass is 9.88. The van der Waals surface area contributed by atoms with Gasteiger partial charge in [-0.1, -0.05) is 54.1 Å². The van der Waals surface area contributed by atoms with Gasteiger partial charge in [-0.25, -0.2) is 0 Å². The van der Waals surface area contributed by atoms with E-state index in [1.54, 1.807) is 36.4 Å². The normalized spacial score (nSPS) is 17.8. The molecule has 1 amide bonds. The molecule has 3 aromatic carbocycles. The standard InChI is InChI=1S/C25H23NO4/c1-16-11-12-17(2)18(13-16)15-26-21-9-5-4-8-20(21)25(30,24(26)29)14-23(28)19-7-3-6-10-22(19)27/h3-13,27,30H,14-15H2,1-2H3/t25-/m1/s1. The van der Waals surface area contributed by atoms with Gasteiger partial charge in [-0.3, -0.25) is 9.59 Å². The second-order valence-electron chi connectivity index (χ2n) is 7.82. The van der Waals surface area contributed by atoms with E-state index in [9.17, 15) is 19.8 Å². The number of para-hydroxylation sites is 2. The molecule has 0 unspecified atom stereocenters. The Bertz CT molecular complexity index is 1150. The van der Waals surface area contributed by atoms with Crippen molar-refractivity contribution < 1.29 is 19.8 Å². The van der Waals surface area contributed by atoms with Gasteiger partial charge in [-0.2, -0.15) is 0 Å². The summed E-state index contributed by atoms with van der Waals surface area (Å²) in [5.41, 5.74) is 2.22. The van der Waals surface area contributed by atoms with E-state index >= 15 is 0 Å². The minimum Gasteiger partial charge on any atom is -0.507 e. The van der Waals surface area contributed by atoms with Crippen molar-refractivity contribution in [2.24, 2.45) is 0 Å². The highest BCUT2D eigenvalue weighted by Crippen LogP contribution is 2.44. The highest BCUT2D eigenvalue weighted by Gasteiger charge is 2.51. The number of fused-ring (bicyclic) bond motifs is 1. The van der Waals surface area contributed by atoms with Crippen LogP contribution in [0.2, 0.25) is 0 Å². The Morgan fingerprint density at radius 2 is 1.70 bits per heavy atom. The molecule has 1 heterocycles. The van der Waals surface area contributed by atoms with Gasteiger partial charge in [-0.05, 0) is 43.2 Å². The molecule has 1 atom stereocenters. The molecule has 0 saturated heterocycles. The Morgan fingerprint density at radius 3 is 2.47 bits per heavy atom. The molecule has 1 aliphatic rings. The fourth-order valence-electron chi connectivity index (χ4n) is 4.01. The van der Waals surface area contributed by atoms with Crippen molar-refractivity contribution in [3.8, 4) is 5.75 Å². The lowest BCUT2D eigenvalue weighted by molar-refractivity contribution is -0.136. The van der Waals surface area contributed by atoms with Crippen LogP contribution in [0.15, 0.2) is 66.7 Å². The van der Waals surface area contributed by atoms with Crippen LogP contribution in [0.1, 0.15) is 39.0 Å². The molecule has 0 bridgehead atoms. The number of carbonyl (C=O) groups excluding carboxylic acids is 2. The smallest absolute Gasteiger partial charge is 0.264 e. The second kappa shape index (κ2) is 7.43. The largest absolute Gasteiger partial charge is 0.507 e. The van der Waals surface area contributed by atoms with Gasteiger partial charge >= 0.3 is 0 Å². The lowest BCUT2D eigenvalue weighted by Crippen LogP contribution is -2.41. The topological polar surface area (TPSA) is 77.8 Å². The van der Waals surface area contributed by atoms with E-state index in [1.165, 1.54) is 17.0 Å². The first kappa shape index (κ1) is 19.9. The number of nitrogens with zero attached hydrogens (tertiary/aromatic N) is 1. The summed E-state index contributed by atoms with van der Waals surface area (Å²) in [6.07, 6.45) is -0.441. The summed E-state index contributed by atoms with van der Waals surface area (Å²) in [4.78, 5) is 27.8. The zero-order valence-electron chi connectivity index (χ0n) is 16.9. The van der Waals surface area contributed by atoms with E-state index in [0.29, 0.717) is 17.8 Å². The van der Waals surface area contributed by atoms with Crippen LogP contribution in [-0.4, -0.2) is 21.9 Å². The third-order valence-electron chi connectivity index (χ3n) is 5.69. The number of hydrogen-bond donors (Lipinski definition) is 2. The van der Waals surface area contributed by atoms with Crippen LogP contribution in [0.25, 0.3) is 0 Å². The minimum atomic E-state index is -1.98. The van der Waals surface area contributed by atoms with Crippen LogP contribution < -0.4 is 4.90 Å². The number of aromatic hydroxyl groups is 1. The van der Waals surface area contributed by atoms with Crippen LogP contribution in [-0.2, 0) is 16.9 Å². The average molecular weight is 401 g/mol. The van der Waals surface area contributed by atoms with E-state index in [1.807, 2.05) is 32.0 Å². The summed E-state index contributed by atoms with van der Waals surface area (Å²) in [6.45, 7) is 4.27. The molecule has 2 N–H and O–H groups in total. The summed E-state index contributed by atoms with van der Waals surface area (Å²) in [5.74, 6) is -1.20.